The molecule has 3 fully saturated rings. The molecule has 3 aliphatic rings. The highest BCUT2D eigenvalue weighted by Crippen LogP contribution is 2.57. The van der Waals surface area contributed by atoms with Crippen LogP contribution in [0.2, 0.25) is 0 Å². The molecule has 11 heavy (non-hydrogen) atoms. The van der Waals surface area contributed by atoms with E-state index < -0.39 is 0 Å². The Kier molecular flexibility index (Phi) is 0.961. The third kappa shape index (κ3) is 0.798. The molecule has 4 unspecified atom stereocenters. The van der Waals surface area contributed by atoms with Crippen molar-refractivity contribution in [2.24, 2.45) is 11.8 Å². The van der Waals surface area contributed by atoms with E-state index in [1.165, 1.54) is 12.8 Å². The van der Waals surface area contributed by atoms with E-state index in [1.54, 1.807) is 0 Å². The summed E-state index contributed by atoms with van der Waals surface area (Å²) in [7, 11) is 0. The molecule has 0 aromatic heterocycles. The summed E-state index contributed by atoms with van der Waals surface area (Å²) in [6.45, 7) is 4.03. The molecule has 2 heteroatoms. The molecule has 0 radical (unpaired) electrons. The minimum atomic E-state index is -0.303. The number of hydrogen-bond acceptors (Lipinski definition) is 2. The molecule has 2 nitrogen and oxygen atoms in total. The SMILES string of the molecule is CC1(C)OC2CC3CC3C2O1. The number of ether oxygens (including phenoxy) is 2. The summed E-state index contributed by atoms with van der Waals surface area (Å²) in [6, 6.07) is 0. The third-order valence-corrected chi connectivity index (χ3v) is 3.16. The van der Waals surface area contributed by atoms with Gasteiger partial charge in [-0.25, -0.2) is 0 Å². The molecule has 2 saturated carbocycles. The van der Waals surface area contributed by atoms with E-state index in [9.17, 15) is 0 Å². The smallest absolute Gasteiger partial charge is 0.163 e. The quantitative estimate of drug-likeness (QED) is 0.527. The molecule has 0 N–H and O–H groups in total. The second kappa shape index (κ2) is 1.64. The normalized spacial score (nSPS) is 57.3. The van der Waals surface area contributed by atoms with Gasteiger partial charge in [0.15, 0.2) is 5.79 Å². The zero-order valence-electron chi connectivity index (χ0n) is 7.04. The maximum atomic E-state index is 5.80. The molecule has 0 aromatic carbocycles. The van der Waals surface area contributed by atoms with Crippen LogP contribution in [0.4, 0.5) is 0 Å². The van der Waals surface area contributed by atoms with Crippen LogP contribution in [0.3, 0.4) is 0 Å². The van der Waals surface area contributed by atoms with Crippen molar-refractivity contribution < 1.29 is 9.47 Å². The molecular weight excluding hydrogens is 140 g/mol. The molecule has 0 spiro atoms. The monoisotopic (exact) mass is 154 g/mol. The molecule has 3 rings (SSSR count). The minimum absolute atomic E-state index is 0.303. The molecule has 2 aliphatic carbocycles. The van der Waals surface area contributed by atoms with Gasteiger partial charge in [0.1, 0.15) is 0 Å². The topological polar surface area (TPSA) is 18.5 Å². The fraction of sp³-hybridized carbons (Fsp3) is 1.00. The van der Waals surface area contributed by atoms with Crippen molar-refractivity contribution in [2.45, 2.75) is 44.7 Å². The molecule has 0 amide bonds. The van der Waals surface area contributed by atoms with Crippen molar-refractivity contribution >= 4 is 0 Å². The summed E-state index contributed by atoms with van der Waals surface area (Å²) in [5.41, 5.74) is 0. The lowest BCUT2D eigenvalue weighted by Crippen LogP contribution is -2.22. The average Bonchev–Trinajstić information content (AvgIpc) is 2.44. The van der Waals surface area contributed by atoms with Gasteiger partial charge in [-0.15, -0.1) is 0 Å². The van der Waals surface area contributed by atoms with Crippen LogP contribution in [-0.4, -0.2) is 18.0 Å². The van der Waals surface area contributed by atoms with Gasteiger partial charge in [-0.1, -0.05) is 0 Å². The van der Waals surface area contributed by atoms with E-state index in [0.717, 1.165) is 11.8 Å². The molecule has 0 aromatic rings. The Labute approximate surface area is 66.9 Å². The number of hydrogen-bond donors (Lipinski definition) is 0. The van der Waals surface area contributed by atoms with Crippen LogP contribution in [0.1, 0.15) is 26.7 Å². The zero-order valence-corrected chi connectivity index (χ0v) is 7.04. The predicted octanol–water partition coefficient (Wildman–Crippen LogP) is 1.55. The Morgan fingerprint density at radius 3 is 2.73 bits per heavy atom. The lowest BCUT2D eigenvalue weighted by Gasteiger charge is -2.17. The van der Waals surface area contributed by atoms with Gasteiger partial charge in [0.05, 0.1) is 12.2 Å². The minimum Gasteiger partial charge on any atom is -0.345 e. The molecule has 4 atom stereocenters. The Hall–Kier alpha value is -0.0800. The molecule has 1 heterocycles. The molecular formula is C9H14O2. The van der Waals surface area contributed by atoms with Crippen LogP contribution in [0.25, 0.3) is 0 Å². The number of rotatable bonds is 0. The lowest BCUT2D eigenvalue weighted by atomic mass is 10.2. The summed E-state index contributed by atoms with van der Waals surface area (Å²) < 4.78 is 11.6. The molecule has 1 aliphatic heterocycles. The van der Waals surface area contributed by atoms with E-state index in [1.807, 2.05) is 13.8 Å². The molecule has 0 bridgehead atoms. The predicted molar refractivity (Wildman–Crippen MR) is 40.0 cm³/mol. The van der Waals surface area contributed by atoms with Crippen LogP contribution in [-0.2, 0) is 9.47 Å². The summed E-state index contributed by atoms with van der Waals surface area (Å²) in [5, 5.41) is 0. The van der Waals surface area contributed by atoms with Crippen molar-refractivity contribution in [3.63, 3.8) is 0 Å². The van der Waals surface area contributed by atoms with E-state index in [2.05, 4.69) is 0 Å². The van der Waals surface area contributed by atoms with Gasteiger partial charge in [0.25, 0.3) is 0 Å². The maximum Gasteiger partial charge on any atom is 0.163 e. The Morgan fingerprint density at radius 1 is 1.18 bits per heavy atom. The highest BCUT2D eigenvalue weighted by molar-refractivity contribution is 5.06. The summed E-state index contributed by atoms with van der Waals surface area (Å²) in [4.78, 5) is 0. The van der Waals surface area contributed by atoms with Crippen LogP contribution in [0.15, 0.2) is 0 Å². The van der Waals surface area contributed by atoms with Gasteiger partial charge in [-0.3, -0.25) is 0 Å². The first-order valence-corrected chi connectivity index (χ1v) is 4.51. The summed E-state index contributed by atoms with van der Waals surface area (Å²) >= 11 is 0. The first-order valence-electron chi connectivity index (χ1n) is 4.51. The number of fused-ring (bicyclic) bond motifs is 3. The van der Waals surface area contributed by atoms with E-state index in [-0.39, 0.29) is 5.79 Å². The van der Waals surface area contributed by atoms with Crippen LogP contribution >= 0.6 is 0 Å². The second-order valence-electron chi connectivity index (χ2n) is 4.53. The Bertz CT molecular complexity index is 200. The van der Waals surface area contributed by atoms with Crippen LogP contribution in [0, 0.1) is 11.8 Å². The Balaban J connectivity index is 1.83. The fourth-order valence-corrected chi connectivity index (χ4v) is 2.65. The summed E-state index contributed by atoms with van der Waals surface area (Å²) in [5.74, 6) is 1.49. The van der Waals surface area contributed by atoms with Gasteiger partial charge in [-0.05, 0) is 38.5 Å². The van der Waals surface area contributed by atoms with E-state index in [4.69, 9.17) is 9.47 Å². The fourth-order valence-electron chi connectivity index (χ4n) is 2.65. The molecule has 62 valence electrons. The highest BCUT2D eigenvalue weighted by Gasteiger charge is 2.60. The van der Waals surface area contributed by atoms with E-state index >= 15 is 0 Å². The van der Waals surface area contributed by atoms with Gasteiger partial charge in [0.2, 0.25) is 0 Å². The third-order valence-electron chi connectivity index (χ3n) is 3.16. The Morgan fingerprint density at radius 2 is 2.00 bits per heavy atom. The lowest BCUT2D eigenvalue weighted by molar-refractivity contribution is -0.152. The maximum absolute atomic E-state index is 5.80. The summed E-state index contributed by atoms with van der Waals surface area (Å²) in [6.07, 6.45) is 3.50. The van der Waals surface area contributed by atoms with Crippen molar-refractivity contribution in [3.8, 4) is 0 Å². The standard InChI is InChI=1S/C9H14O2/c1-9(2)10-7-4-5-3-6(5)8(7)11-9/h5-8H,3-4H2,1-2H3. The van der Waals surface area contributed by atoms with Gasteiger partial charge in [0, 0.05) is 0 Å². The van der Waals surface area contributed by atoms with Gasteiger partial charge in [-0.2, -0.15) is 0 Å². The molecule has 1 saturated heterocycles. The average molecular weight is 154 g/mol. The first-order chi connectivity index (χ1) is 5.16. The van der Waals surface area contributed by atoms with Gasteiger partial charge >= 0.3 is 0 Å². The van der Waals surface area contributed by atoms with Crippen molar-refractivity contribution in [1.29, 1.82) is 0 Å². The largest absolute Gasteiger partial charge is 0.345 e. The zero-order chi connectivity index (χ0) is 7.64. The van der Waals surface area contributed by atoms with E-state index in [0.29, 0.717) is 12.2 Å². The van der Waals surface area contributed by atoms with Gasteiger partial charge < -0.3 is 9.47 Å². The first kappa shape index (κ1) is 6.44. The van der Waals surface area contributed by atoms with Crippen molar-refractivity contribution in [3.05, 3.63) is 0 Å². The second-order valence-corrected chi connectivity index (χ2v) is 4.53. The van der Waals surface area contributed by atoms with Crippen molar-refractivity contribution in [1.82, 2.24) is 0 Å². The van der Waals surface area contributed by atoms with Crippen LogP contribution in [0.5, 0.6) is 0 Å². The van der Waals surface area contributed by atoms with Crippen LogP contribution < -0.4 is 0 Å². The van der Waals surface area contributed by atoms with Crippen molar-refractivity contribution in [2.75, 3.05) is 0 Å². The highest BCUT2D eigenvalue weighted by atomic mass is 16.8.